The molecule has 0 N–H and O–H groups in total. The number of ether oxygens (including phenoxy) is 1. The van der Waals surface area contributed by atoms with Crippen LogP contribution in [0.4, 0.5) is 0 Å². The summed E-state index contributed by atoms with van der Waals surface area (Å²) < 4.78 is 6.18. The van der Waals surface area contributed by atoms with E-state index in [0.717, 1.165) is 9.89 Å². The molecule has 2 heterocycles. The lowest BCUT2D eigenvalue weighted by Crippen LogP contribution is -2.41. The second kappa shape index (κ2) is 7.52. The number of Topliss-reactive ketones (excluding diaryl/α,β-unsaturated/α-hetero) is 1. The Morgan fingerprint density at radius 3 is 2.58 bits per heavy atom. The van der Waals surface area contributed by atoms with Crippen LogP contribution in [-0.2, 0) is 16.2 Å². The molecule has 1 aliphatic rings. The van der Waals surface area contributed by atoms with Crippen LogP contribution in [0.3, 0.4) is 0 Å². The van der Waals surface area contributed by atoms with Gasteiger partial charge in [-0.3, -0.25) is 9.59 Å². The van der Waals surface area contributed by atoms with Gasteiger partial charge in [-0.15, -0.1) is 11.3 Å². The number of likely N-dealkylation sites (N-methyl/N-ethyl adjacent to an activating group) is 1. The van der Waals surface area contributed by atoms with Crippen LogP contribution < -0.4 is 4.74 Å². The highest BCUT2D eigenvalue weighted by Crippen LogP contribution is 2.41. The lowest BCUT2D eigenvalue weighted by atomic mass is 9.89. The quantitative estimate of drug-likeness (QED) is 0.679. The molecule has 0 radical (unpaired) electrons. The maximum Gasteiger partial charge on any atom is 0.258 e. The number of carbonyl (C=O) groups excluding carboxylic acids is 2. The van der Waals surface area contributed by atoms with E-state index in [4.69, 9.17) is 39.5 Å². The highest BCUT2D eigenvalue weighted by atomic mass is 35.5. The Bertz CT molecular complexity index is 929. The summed E-state index contributed by atoms with van der Waals surface area (Å²) in [6, 6.07) is 3.07. The fraction of sp³-hybridized carbons (Fsp3) is 0.250. The van der Waals surface area contributed by atoms with E-state index in [9.17, 15) is 9.59 Å². The summed E-state index contributed by atoms with van der Waals surface area (Å²) in [5.41, 5.74) is 0.430. The number of rotatable bonds is 4. The number of aromatic nitrogens is 1. The van der Waals surface area contributed by atoms with Crippen molar-refractivity contribution in [1.29, 1.82) is 0 Å². The van der Waals surface area contributed by atoms with Crippen molar-refractivity contribution in [1.82, 2.24) is 9.99 Å². The van der Waals surface area contributed by atoms with Gasteiger partial charge < -0.3 is 4.74 Å². The summed E-state index contributed by atoms with van der Waals surface area (Å²) in [5.74, 6) is -1.93. The minimum absolute atomic E-state index is 0.120. The Labute approximate surface area is 168 Å². The smallest absolute Gasteiger partial charge is 0.258 e. The Morgan fingerprint density at radius 2 is 1.92 bits per heavy atom. The largest absolute Gasteiger partial charge is 0.486 e. The molecule has 136 valence electrons. The summed E-state index contributed by atoms with van der Waals surface area (Å²) in [6.07, 6.45) is 1.58. The molecule has 1 atom stereocenters. The number of ketones is 1. The Balaban J connectivity index is 2.03. The van der Waals surface area contributed by atoms with Gasteiger partial charge in [-0.25, -0.2) is 9.99 Å². The number of hydrazone groups is 1. The molecular formula is C16H12Cl3N3O3S. The number of benzene rings is 1. The predicted octanol–water partition coefficient (Wildman–Crippen LogP) is 4.18. The molecule has 0 bridgehead atoms. The van der Waals surface area contributed by atoms with Crippen molar-refractivity contribution < 1.29 is 14.3 Å². The molecule has 0 saturated heterocycles. The van der Waals surface area contributed by atoms with Gasteiger partial charge in [0.05, 0.1) is 9.90 Å². The average molecular weight is 433 g/mol. The molecular weight excluding hydrogens is 421 g/mol. The molecule has 2 aromatic rings. The second-order valence-corrected chi connectivity index (χ2v) is 8.00. The van der Waals surface area contributed by atoms with Gasteiger partial charge in [0.2, 0.25) is 0 Å². The molecule has 1 aromatic heterocycles. The highest BCUT2D eigenvalue weighted by Gasteiger charge is 2.40. The highest BCUT2D eigenvalue weighted by molar-refractivity contribution is 7.15. The average Bonchev–Trinajstić information content (AvgIpc) is 3.01. The Kier molecular flexibility index (Phi) is 5.53. The number of halogens is 3. The molecule has 1 aliphatic heterocycles. The van der Waals surface area contributed by atoms with Gasteiger partial charge in [-0.1, -0.05) is 34.8 Å². The van der Waals surface area contributed by atoms with Gasteiger partial charge in [0.1, 0.15) is 24.0 Å². The fourth-order valence-corrected chi connectivity index (χ4v) is 3.91. The molecule has 0 aliphatic carbocycles. The van der Waals surface area contributed by atoms with E-state index in [1.807, 2.05) is 0 Å². The molecule has 26 heavy (non-hydrogen) atoms. The first-order valence-corrected chi connectivity index (χ1v) is 9.32. The molecule has 10 heteroatoms. The van der Waals surface area contributed by atoms with Crippen LogP contribution in [-0.4, -0.2) is 34.4 Å². The van der Waals surface area contributed by atoms with Gasteiger partial charge in [0, 0.05) is 23.8 Å². The monoisotopic (exact) mass is 431 g/mol. The molecule has 0 saturated carbocycles. The van der Waals surface area contributed by atoms with Crippen LogP contribution in [0.5, 0.6) is 5.75 Å². The van der Waals surface area contributed by atoms with Gasteiger partial charge in [0.15, 0.2) is 10.3 Å². The summed E-state index contributed by atoms with van der Waals surface area (Å²) in [5, 5.41) is 5.48. The number of thiazole rings is 1. The second-order valence-electron chi connectivity index (χ2n) is 5.48. The molecule has 6 nitrogen and oxygen atoms in total. The number of hydrogen-bond acceptors (Lipinski definition) is 6. The van der Waals surface area contributed by atoms with Crippen LogP contribution in [0, 0.1) is 0 Å². The minimum Gasteiger partial charge on any atom is -0.486 e. The van der Waals surface area contributed by atoms with Crippen molar-refractivity contribution >= 4 is 63.5 Å². The standard InChI is InChI=1S/C16H12Cl3N3O3S/c1-7-13(23)12(15(24)22(2)21-7)11-9(17)3-4-10(18)14(11)25-6-8-5-20-16(19)26-8/h3-5,12H,6H2,1-2H3. The van der Waals surface area contributed by atoms with Crippen LogP contribution in [0.25, 0.3) is 0 Å². The van der Waals surface area contributed by atoms with E-state index >= 15 is 0 Å². The van der Waals surface area contributed by atoms with Crippen molar-refractivity contribution in [2.75, 3.05) is 7.05 Å². The number of nitrogens with zero attached hydrogens (tertiary/aromatic N) is 3. The summed E-state index contributed by atoms with van der Waals surface area (Å²) in [4.78, 5) is 29.9. The number of carbonyl (C=O) groups is 2. The summed E-state index contributed by atoms with van der Waals surface area (Å²) in [7, 11) is 1.48. The molecule has 1 unspecified atom stereocenters. The lowest BCUT2D eigenvalue weighted by Gasteiger charge is -2.27. The van der Waals surface area contributed by atoms with E-state index in [0.29, 0.717) is 4.47 Å². The van der Waals surface area contributed by atoms with Gasteiger partial charge in [0.25, 0.3) is 5.91 Å². The molecule has 1 amide bonds. The summed E-state index contributed by atoms with van der Waals surface area (Å²) >= 11 is 19.7. The SMILES string of the molecule is CC1=NN(C)C(=O)C(c2c(Cl)ccc(Cl)c2OCc2cnc(Cl)s2)C1=O. The zero-order chi connectivity index (χ0) is 19.0. The van der Waals surface area contributed by atoms with Crippen LogP contribution in [0.1, 0.15) is 23.3 Å². The zero-order valence-corrected chi connectivity index (χ0v) is 16.7. The predicted molar refractivity (Wildman–Crippen MR) is 102 cm³/mol. The molecule has 0 fully saturated rings. The van der Waals surface area contributed by atoms with E-state index in [1.165, 1.54) is 31.4 Å². The summed E-state index contributed by atoms with van der Waals surface area (Å²) in [6.45, 7) is 1.66. The fourth-order valence-electron chi connectivity index (χ4n) is 2.54. The first-order valence-electron chi connectivity index (χ1n) is 7.37. The molecule has 3 rings (SSSR count). The minimum atomic E-state index is -1.16. The van der Waals surface area contributed by atoms with Gasteiger partial charge in [-0.05, 0) is 19.1 Å². The van der Waals surface area contributed by atoms with Crippen LogP contribution in [0.2, 0.25) is 14.5 Å². The van der Waals surface area contributed by atoms with Gasteiger partial charge in [-0.2, -0.15) is 5.10 Å². The van der Waals surface area contributed by atoms with Crippen molar-refractivity contribution in [3.8, 4) is 5.75 Å². The number of amides is 1. The first kappa shape index (κ1) is 19.1. The lowest BCUT2D eigenvalue weighted by molar-refractivity contribution is -0.136. The van der Waals surface area contributed by atoms with Crippen molar-refractivity contribution in [2.45, 2.75) is 19.4 Å². The van der Waals surface area contributed by atoms with Crippen molar-refractivity contribution in [3.05, 3.63) is 43.3 Å². The van der Waals surface area contributed by atoms with E-state index < -0.39 is 17.6 Å². The third-order valence-corrected chi connectivity index (χ3v) is 5.47. The van der Waals surface area contributed by atoms with E-state index in [2.05, 4.69) is 10.1 Å². The topological polar surface area (TPSA) is 71.9 Å². The van der Waals surface area contributed by atoms with E-state index in [-0.39, 0.29) is 33.7 Å². The molecule has 1 aromatic carbocycles. The molecule has 0 spiro atoms. The maximum atomic E-state index is 12.6. The zero-order valence-electron chi connectivity index (χ0n) is 13.6. The maximum absolute atomic E-state index is 12.6. The van der Waals surface area contributed by atoms with Gasteiger partial charge >= 0.3 is 0 Å². The van der Waals surface area contributed by atoms with Crippen molar-refractivity contribution in [3.63, 3.8) is 0 Å². The van der Waals surface area contributed by atoms with E-state index in [1.54, 1.807) is 12.3 Å². The third-order valence-electron chi connectivity index (χ3n) is 3.75. The van der Waals surface area contributed by atoms with Crippen LogP contribution in [0.15, 0.2) is 23.4 Å². The Hall–Kier alpha value is -1.67. The third kappa shape index (κ3) is 3.57. The first-order chi connectivity index (χ1) is 12.3. The number of hydrogen-bond donors (Lipinski definition) is 0. The normalized spacial score (nSPS) is 17.5. The van der Waals surface area contributed by atoms with Crippen LogP contribution >= 0.6 is 46.1 Å². The van der Waals surface area contributed by atoms with Crippen molar-refractivity contribution in [2.24, 2.45) is 5.10 Å². The Morgan fingerprint density at radius 1 is 1.23 bits per heavy atom.